The van der Waals surface area contributed by atoms with Crippen LogP contribution in [0.15, 0.2) is 103 Å². The van der Waals surface area contributed by atoms with Gasteiger partial charge in [0, 0.05) is 5.69 Å². The molecule has 4 aromatic carbocycles. The van der Waals surface area contributed by atoms with E-state index in [1.807, 2.05) is 80.6 Å². The minimum Gasteiger partial charge on any atom is -0.322 e. The van der Waals surface area contributed by atoms with E-state index in [0.717, 1.165) is 16.8 Å². The summed E-state index contributed by atoms with van der Waals surface area (Å²) in [5.74, 6) is -0.0317. The molecule has 4 heteroatoms. The molecule has 0 aliphatic rings. The molecule has 33 heavy (non-hydrogen) atoms. The summed E-state index contributed by atoms with van der Waals surface area (Å²) in [6, 6.07) is 36.9. The summed E-state index contributed by atoms with van der Waals surface area (Å²) < 4.78 is 0. The second-order valence-electron chi connectivity index (χ2n) is 8.12. The molecule has 0 aromatic heterocycles. The van der Waals surface area contributed by atoms with E-state index in [2.05, 4.69) is 47.8 Å². The molecule has 0 aliphatic heterocycles. The van der Waals surface area contributed by atoms with Crippen molar-refractivity contribution in [1.82, 2.24) is 0 Å². The lowest BCUT2D eigenvalue weighted by Gasteiger charge is -2.27. The Kier molecular flexibility index (Phi) is 6.68. The van der Waals surface area contributed by atoms with Crippen molar-refractivity contribution in [2.45, 2.75) is 13.8 Å². The lowest BCUT2D eigenvalue weighted by Crippen LogP contribution is -2.37. The smallest absolute Gasteiger partial charge is 0.263 e. The molecule has 0 fully saturated rings. The van der Waals surface area contributed by atoms with Crippen LogP contribution in [0.5, 0.6) is 0 Å². The van der Waals surface area contributed by atoms with Crippen LogP contribution in [-0.4, -0.2) is 12.1 Å². The molecule has 4 rings (SSSR count). The van der Waals surface area contributed by atoms with Crippen LogP contribution in [0.25, 0.3) is 0 Å². The van der Waals surface area contributed by atoms with Gasteiger partial charge in [-0.15, -0.1) is 0 Å². The number of hydrogen-bond acceptors (Lipinski definition) is 2. The fourth-order valence-corrected chi connectivity index (χ4v) is 8.38. The first-order valence-corrected chi connectivity index (χ1v) is 12.9. The molecule has 0 radical (unpaired) electrons. The molecule has 0 bridgehead atoms. The highest BCUT2D eigenvalue weighted by molar-refractivity contribution is 7.96. The summed E-state index contributed by atoms with van der Waals surface area (Å²) in [6.07, 6.45) is 0.351. The maximum absolute atomic E-state index is 13.7. The molecule has 0 aliphatic carbocycles. The highest BCUT2D eigenvalue weighted by atomic mass is 31.2. The van der Waals surface area contributed by atoms with E-state index in [0.29, 0.717) is 11.7 Å². The van der Waals surface area contributed by atoms with Gasteiger partial charge in [-0.2, -0.15) is 5.26 Å². The Balaban J connectivity index is 1.83. The van der Waals surface area contributed by atoms with Crippen molar-refractivity contribution in [3.63, 3.8) is 0 Å². The molecule has 0 atom stereocenters. The zero-order valence-corrected chi connectivity index (χ0v) is 19.7. The first kappa shape index (κ1) is 22.5. The molecule has 162 valence electrons. The summed E-state index contributed by atoms with van der Waals surface area (Å²) in [4.78, 5) is 13.7. The third-order valence-electron chi connectivity index (χ3n) is 5.90. The van der Waals surface area contributed by atoms with Gasteiger partial charge >= 0.3 is 0 Å². The van der Waals surface area contributed by atoms with E-state index < -0.39 is 7.26 Å². The molecule has 0 heterocycles. The fourth-order valence-electron chi connectivity index (χ4n) is 4.39. The van der Waals surface area contributed by atoms with Crippen molar-refractivity contribution in [1.29, 1.82) is 5.26 Å². The molecule has 4 aromatic rings. The number of carbonyl (C=O) groups is 1. The van der Waals surface area contributed by atoms with Crippen molar-refractivity contribution in [2.75, 3.05) is 11.5 Å². The first-order valence-electron chi connectivity index (χ1n) is 10.9. The molecule has 0 spiro atoms. The molecule has 0 unspecified atom stereocenters. The Bertz CT molecular complexity index is 1180. The normalized spacial score (nSPS) is 10.9. The van der Waals surface area contributed by atoms with Crippen molar-refractivity contribution >= 4 is 34.8 Å². The molecule has 1 amide bonds. The van der Waals surface area contributed by atoms with Gasteiger partial charge in [0.15, 0.2) is 6.16 Å². The average molecular weight is 450 g/mol. The third-order valence-corrected chi connectivity index (χ3v) is 10.2. The second kappa shape index (κ2) is 9.82. The lowest BCUT2D eigenvalue weighted by atomic mass is 10.0. The first-order chi connectivity index (χ1) is 16.0. The maximum Gasteiger partial charge on any atom is 0.263 e. The minimum atomic E-state index is -2.26. The third kappa shape index (κ3) is 4.58. The van der Waals surface area contributed by atoms with Crippen LogP contribution < -0.4 is 21.2 Å². The van der Waals surface area contributed by atoms with Gasteiger partial charge in [-0.25, -0.2) is 0 Å². The van der Waals surface area contributed by atoms with Gasteiger partial charge in [0.2, 0.25) is 0 Å². The molecule has 0 saturated heterocycles. The number of amides is 1. The van der Waals surface area contributed by atoms with Gasteiger partial charge in [-0.3, -0.25) is 4.79 Å². The number of nitrogens with one attached hydrogen (secondary N) is 1. The number of rotatable bonds is 6. The number of aryl methyl sites for hydroxylation is 2. The van der Waals surface area contributed by atoms with Crippen molar-refractivity contribution in [3.8, 4) is 6.07 Å². The lowest BCUT2D eigenvalue weighted by molar-refractivity contribution is -0.113. The number of hydrogen-bond donors (Lipinski definition) is 1. The number of anilines is 1. The van der Waals surface area contributed by atoms with Crippen LogP contribution in [0.3, 0.4) is 0 Å². The Morgan fingerprint density at radius 2 is 1.15 bits per heavy atom. The van der Waals surface area contributed by atoms with Crippen LogP contribution >= 0.6 is 7.26 Å². The van der Waals surface area contributed by atoms with Crippen LogP contribution in [0.2, 0.25) is 0 Å². The molecular weight excluding hydrogens is 423 g/mol. The van der Waals surface area contributed by atoms with E-state index in [4.69, 9.17) is 0 Å². The van der Waals surface area contributed by atoms with E-state index >= 15 is 0 Å². The van der Waals surface area contributed by atoms with Gasteiger partial charge in [0.25, 0.3) is 5.91 Å². The average Bonchev–Trinajstić information content (AvgIpc) is 2.86. The van der Waals surface area contributed by atoms with Gasteiger partial charge in [-0.05, 0) is 73.5 Å². The topological polar surface area (TPSA) is 52.9 Å². The quantitative estimate of drug-likeness (QED) is 0.416. The zero-order chi connectivity index (χ0) is 23.3. The van der Waals surface area contributed by atoms with Gasteiger partial charge in [0.05, 0.1) is 11.6 Å². The number of carbonyl (C=O) groups excluding carboxylic acids is 1. The van der Waals surface area contributed by atoms with E-state index in [9.17, 15) is 10.1 Å². The summed E-state index contributed by atoms with van der Waals surface area (Å²) in [5, 5.41) is 15.9. The van der Waals surface area contributed by atoms with E-state index in [1.54, 1.807) is 0 Å². The highest BCUT2D eigenvalue weighted by Gasteiger charge is 2.47. The fraction of sp³-hybridized carbons (Fsp3) is 0.103. The zero-order valence-electron chi connectivity index (χ0n) is 18.8. The predicted octanol–water partition coefficient (Wildman–Crippen LogP) is 5.11. The Hall–Kier alpha value is -3.73. The summed E-state index contributed by atoms with van der Waals surface area (Å²) in [5.41, 5.74) is 3.17. The van der Waals surface area contributed by atoms with Crippen molar-refractivity contribution < 1.29 is 4.79 Å². The van der Waals surface area contributed by atoms with Gasteiger partial charge in [0.1, 0.15) is 23.2 Å². The number of benzene rings is 4. The SMILES string of the molecule is Cc1cc(C#N)cc(C)c1NC(=O)C[P+](c1ccccc1)(c1ccccc1)c1ccccc1. The van der Waals surface area contributed by atoms with Gasteiger partial charge < -0.3 is 5.32 Å². The van der Waals surface area contributed by atoms with Crippen LogP contribution in [0, 0.1) is 25.2 Å². The Morgan fingerprint density at radius 3 is 1.52 bits per heavy atom. The summed E-state index contributed by atoms with van der Waals surface area (Å²) >= 11 is 0. The molecule has 1 N–H and O–H groups in total. The van der Waals surface area contributed by atoms with E-state index in [1.165, 1.54) is 15.9 Å². The van der Waals surface area contributed by atoms with Crippen LogP contribution in [0.4, 0.5) is 5.69 Å². The maximum atomic E-state index is 13.7. The van der Waals surface area contributed by atoms with Crippen LogP contribution in [-0.2, 0) is 4.79 Å². The molecule has 3 nitrogen and oxygen atoms in total. The van der Waals surface area contributed by atoms with Gasteiger partial charge in [-0.1, -0.05) is 54.6 Å². The minimum absolute atomic E-state index is 0.0317. The number of nitrogens with zero attached hydrogens (tertiary/aromatic N) is 1. The number of nitriles is 1. The second-order valence-corrected chi connectivity index (χ2v) is 11.6. The standard InChI is InChI=1S/C29H25N2OP/c1-22-18-24(20-30)19-23(2)29(22)31-28(32)21-33(25-12-6-3-7-13-25,26-14-8-4-9-15-26)27-16-10-5-11-17-27/h3-19H,21H2,1-2H3/p+1. The van der Waals surface area contributed by atoms with Crippen LogP contribution in [0.1, 0.15) is 16.7 Å². The predicted molar refractivity (Wildman–Crippen MR) is 139 cm³/mol. The molecular formula is C29H26N2OP+. The Morgan fingerprint density at radius 1 is 0.758 bits per heavy atom. The van der Waals surface area contributed by atoms with E-state index in [-0.39, 0.29) is 5.91 Å². The van der Waals surface area contributed by atoms with Crippen molar-refractivity contribution in [2.24, 2.45) is 0 Å². The van der Waals surface area contributed by atoms with Crippen molar-refractivity contribution in [3.05, 3.63) is 120 Å². The molecule has 0 saturated carbocycles. The Labute approximate surface area is 196 Å². The highest BCUT2D eigenvalue weighted by Crippen LogP contribution is 2.55. The summed E-state index contributed by atoms with van der Waals surface area (Å²) in [6.45, 7) is 3.86. The summed E-state index contributed by atoms with van der Waals surface area (Å²) in [7, 11) is -2.26. The monoisotopic (exact) mass is 449 g/mol. The largest absolute Gasteiger partial charge is 0.322 e.